The van der Waals surface area contributed by atoms with Crippen LogP contribution in [0.1, 0.15) is 0 Å². The summed E-state index contributed by atoms with van der Waals surface area (Å²) in [6.07, 6.45) is 7.00. The van der Waals surface area contributed by atoms with Gasteiger partial charge in [0, 0.05) is 31.3 Å². The van der Waals surface area contributed by atoms with Crippen molar-refractivity contribution in [1.29, 1.82) is 0 Å². The minimum Gasteiger partial charge on any atom is -0.368 e. The molecule has 0 unspecified atom stereocenters. The van der Waals surface area contributed by atoms with E-state index in [1.165, 1.54) is 0 Å². The molecule has 0 saturated carbocycles. The van der Waals surface area contributed by atoms with Crippen molar-refractivity contribution in [3.63, 3.8) is 0 Å². The molecule has 90 valence electrons. The molecule has 0 aliphatic heterocycles. The second kappa shape index (κ2) is 4.79. The third kappa shape index (κ3) is 2.27. The Labute approximate surface area is 104 Å². The Morgan fingerprint density at radius 3 is 2.94 bits per heavy atom. The van der Waals surface area contributed by atoms with Gasteiger partial charge in [0.15, 0.2) is 5.65 Å². The molecule has 0 aromatic carbocycles. The zero-order valence-corrected chi connectivity index (χ0v) is 9.69. The average molecular weight is 240 g/mol. The Hall–Kier alpha value is -2.50. The summed E-state index contributed by atoms with van der Waals surface area (Å²) in [5.41, 5.74) is 1.46. The molecule has 0 spiro atoms. The summed E-state index contributed by atoms with van der Waals surface area (Å²) in [6, 6.07) is 5.72. The SMILES string of the molecule is c1cnn(CCNc2ccc3nccnc3n2)c1. The predicted molar refractivity (Wildman–Crippen MR) is 68.0 cm³/mol. The highest BCUT2D eigenvalue weighted by Crippen LogP contribution is 2.09. The van der Waals surface area contributed by atoms with E-state index in [1.54, 1.807) is 18.6 Å². The third-order valence-electron chi connectivity index (χ3n) is 2.54. The van der Waals surface area contributed by atoms with Crippen LogP contribution in [0.2, 0.25) is 0 Å². The summed E-state index contributed by atoms with van der Waals surface area (Å²) in [4.78, 5) is 12.7. The summed E-state index contributed by atoms with van der Waals surface area (Å²) in [5.74, 6) is 0.801. The van der Waals surface area contributed by atoms with Gasteiger partial charge in [-0.15, -0.1) is 0 Å². The molecule has 1 N–H and O–H groups in total. The van der Waals surface area contributed by atoms with E-state index in [2.05, 4.69) is 25.4 Å². The van der Waals surface area contributed by atoms with E-state index in [0.29, 0.717) is 5.65 Å². The minimum absolute atomic E-state index is 0.654. The lowest BCUT2D eigenvalue weighted by molar-refractivity contribution is 0.637. The van der Waals surface area contributed by atoms with Crippen LogP contribution in [0.25, 0.3) is 11.2 Å². The van der Waals surface area contributed by atoms with Gasteiger partial charge < -0.3 is 5.32 Å². The fourth-order valence-corrected chi connectivity index (χ4v) is 1.68. The van der Waals surface area contributed by atoms with Gasteiger partial charge >= 0.3 is 0 Å². The average Bonchev–Trinajstić information content (AvgIpc) is 2.92. The van der Waals surface area contributed by atoms with Crippen molar-refractivity contribution in [2.75, 3.05) is 11.9 Å². The van der Waals surface area contributed by atoms with Crippen molar-refractivity contribution >= 4 is 17.0 Å². The summed E-state index contributed by atoms with van der Waals surface area (Å²) < 4.78 is 1.87. The molecule has 3 rings (SSSR count). The Morgan fingerprint density at radius 1 is 1.11 bits per heavy atom. The molecule has 0 aliphatic carbocycles. The number of hydrogen-bond donors (Lipinski definition) is 1. The van der Waals surface area contributed by atoms with E-state index in [9.17, 15) is 0 Å². The fourth-order valence-electron chi connectivity index (χ4n) is 1.68. The van der Waals surface area contributed by atoms with Crippen LogP contribution in [-0.4, -0.2) is 31.3 Å². The van der Waals surface area contributed by atoms with E-state index in [-0.39, 0.29) is 0 Å². The van der Waals surface area contributed by atoms with Crippen LogP contribution in [0.15, 0.2) is 43.0 Å². The van der Waals surface area contributed by atoms with Gasteiger partial charge in [-0.25, -0.2) is 9.97 Å². The number of rotatable bonds is 4. The molecule has 3 heterocycles. The van der Waals surface area contributed by atoms with Gasteiger partial charge in [0.25, 0.3) is 0 Å². The summed E-state index contributed by atoms with van der Waals surface area (Å²) in [7, 11) is 0. The molecular formula is C12H12N6. The number of anilines is 1. The van der Waals surface area contributed by atoms with Crippen molar-refractivity contribution in [2.24, 2.45) is 0 Å². The van der Waals surface area contributed by atoms with Gasteiger partial charge in [0.1, 0.15) is 11.3 Å². The standard InChI is InChI=1S/C12H12N6/c1-4-16-18(8-1)9-7-14-11-3-2-10-12(17-11)15-6-5-13-10/h1-6,8H,7,9H2,(H,14,15,17). The molecule has 0 amide bonds. The highest BCUT2D eigenvalue weighted by atomic mass is 15.3. The summed E-state index contributed by atoms with van der Waals surface area (Å²) in [5, 5.41) is 7.37. The lowest BCUT2D eigenvalue weighted by atomic mass is 10.4. The van der Waals surface area contributed by atoms with E-state index in [1.807, 2.05) is 29.1 Å². The molecule has 18 heavy (non-hydrogen) atoms. The summed E-state index contributed by atoms with van der Waals surface area (Å²) in [6.45, 7) is 1.56. The van der Waals surface area contributed by atoms with Gasteiger partial charge in [0.2, 0.25) is 0 Å². The molecule has 0 atom stereocenters. The normalized spacial score (nSPS) is 10.7. The molecule has 6 heteroatoms. The first-order valence-electron chi connectivity index (χ1n) is 5.71. The van der Waals surface area contributed by atoms with Crippen LogP contribution in [-0.2, 0) is 6.54 Å². The van der Waals surface area contributed by atoms with Gasteiger partial charge in [-0.3, -0.25) is 9.67 Å². The van der Waals surface area contributed by atoms with Crippen molar-refractivity contribution in [1.82, 2.24) is 24.7 Å². The highest BCUT2D eigenvalue weighted by molar-refractivity contribution is 5.71. The quantitative estimate of drug-likeness (QED) is 0.745. The third-order valence-corrected chi connectivity index (χ3v) is 2.54. The monoisotopic (exact) mass is 240 g/mol. The smallest absolute Gasteiger partial charge is 0.180 e. The molecule has 0 bridgehead atoms. The number of fused-ring (bicyclic) bond motifs is 1. The number of aromatic nitrogens is 5. The first-order valence-corrected chi connectivity index (χ1v) is 5.71. The first-order chi connectivity index (χ1) is 8.92. The Balaban J connectivity index is 1.67. The van der Waals surface area contributed by atoms with Crippen molar-refractivity contribution in [3.8, 4) is 0 Å². The van der Waals surface area contributed by atoms with Crippen LogP contribution in [0.4, 0.5) is 5.82 Å². The van der Waals surface area contributed by atoms with Crippen molar-refractivity contribution < 1.29 is 0 Å². The number of nitrogens with one attached hydrogen (secondary N) is 1. The molecule has 3 aromatic heterocycles. The Bertz CT molecular complexity index is 634. The predicted octanol–water partition coefficient (Wildman–Crippen LogP) is 1.33. The van der Waals surface area contributed by atoms with Crippen LogP contribution < -0.4 is 5.32 Å². The lowest BCUT2D eigenvalue weighted by Gasteiger charge is -2.06. The van der Waals surface area contributed by atoms with Gasteiger partial charge in [-0.05, 0) is 18.2 Å². The van der Waals surface area contributed by atoms with Crippen LogP contribution in [0.5, 0.6) is 0 Å². The molecule has 0 aliphatic rings. The van der Waals surface area contributed by atoms with E-state index >= 15 is 0 Å². The number of pyridine rings is 1. The van der Waals surface area contributed by atoms with Crippen LogP contribution in [0, 0.1) is 0 Å². The molecule has 0 radical (unpaired) electrons. The minimum atomic E-state index is 0.654. The van der Waals surface area contributed by atoms with Crippen LogP contribution in [0.3, 0.4) is 0 Å². The van der Waals surface area contributed by atoms with Gasteiger partial charge in [0.05, 0.1) is 6.54 Å². The Morgan fingerprint density at radius 2 is 2.06 bits per heavy atom. The maximum atomic E-state index is 4.38. The van der Waals surface area contributed by atoms with Gasteiger partial charge in [-0.2, -0.15) is 5.10 Å². The zero-order chi connectivity index (χ0) is 12.2. The highest BCUT2D eigenvalue weighted by Gasteiger charge is 1.99. The first kappa shape index (κ1) is 10.6. The molecule has 3 aromatic rings. The van der Waals surface area contributed by atoms with Crippen molar-refractivity contribution in [2.45, 2.75) is 6.54 Å². The maximum Gasteiger partial charge on any atom is 0.180 e. The zero-order valence-electron chi connectivity index (χ0n) is 9.69. The number of nitrogens with zero attached hydrogens (tertiary/aromatic N) is 5. The van der Waals surface area contributed by atoms with Crippen LogP contribution >= 0.6 is 0 Å². The topological polar surface area (TPSA) is 68.5 Å². The van der Waals surface area contributed by atoms with Crippen molar-refractivity contribution in [3.05, 3.63) is 43.0 Å². The lowest BCUT2D eigenvalue weighted by Crippen LogP contribution is -2.11. The Kier molecular flexibility index (Phi) is 2.83. The summed E-state index contributed by atoms with van der Waals surface area (Å²) >= 11 is 0. The second-order valence-electron chi connectivity index (χ2n) is 3.79. The molecule has 0 fully saturated rings. The fraction of sp³-hybridized carbons (Fsp3) is 0.167. The van der Waals surface area contributed by atoms with E-state index < -0.39 is 0 Å². The maximum absolute atomic E-state index is 4.38. The van der Waals surface area contributed by atoms with E-state index in [4.69, 9.17) is 0 Å². The second-order valence-corrected chi connectivity index (χ2v) is 3.79. The van der Waals surface area contributed by atoms with Gasteiger partial charge in [-0.1, -0.05) is 0 Å². The molecule has 6 nitrogen and oxygen atoms in total. The number of hydrogen-bond acceptors (Lipinski definition) is 5. The molecule has 0 saturated heterocycles. The van der Waals surface area contributed by atoms with E-state index in [0.717, 1.165) is 24.4 Å². The molecular weight excluding hydrogens is 228 g/mol. The largest absolute Gasteiger partial charge is 0.368 e.